The summed E-state index contributed by atoms with van der Waals surface area (Å²) in [6, 6.07) is 2.51. The summed E-state index contributed by atoms with van der Waals surface area (Å²) in [6.45, 7) is 1.82. The average Bonchev–Trinajstić information content (AvgIpc) is 2.66. The SMILES string of the molecule is CC(CC(N)=O)n1c(CCl)nc2cc(F)c(Cl)cc21. The zero-order valence-corrected chi connectivity index (χ0v) is 11.7. The molecule has 102 valence electrons. The maximum Gasteiger partial charge on any atom is 0.219 e. The Hall–Kier alpha value is -1.33. The van der Waals surface area contributed by atoms with Gasteiger partial charge in [0.25, 0.3) is 0 Å². The number of fused-ring (bicyclic) bond motifs is 1. The molecule has 19 heavy (non-hydrogen) atoms. The molecule has 2 aromatic rings. The van der Waals surface area contributed by atoms with Crippen LogP contribution in [0.15, 0.2) is 12.1 Å². The van der Waals surface area contributed by atoms with Gasteiger partial charge in [0, 0.05) is 18.5 Å². The van der Waals surface area contributed by atoms with Crippen LogP contribution in [0.5, 0.6) is 0 Å². The van der Waals surface area contributed by atoms with Crippen LogP contribution in [0.2, 0.25) is 5.02 Å². The number of alkyl halides is 1. The molecule has 0 spiro atoms. The highest BCUT2D eigenvalue weighted by atomic mass is 35.5. The van der Waals surface area contributed by atoms with Gasteiger partial charge in [-0.2, -0.15) is 0 Å². The molecule has 0 saturated heterocycles. The van der Waals surface area contributed by atoms with E-state index in [-0.39, 0.29) is 23.4 Å². The van der Waals surface area contributed by atoms with Crippen molar-refractivity contribution in [1.82, 2.24) is 9.55 Å². The maximum atomic E-state index is 13.4. The van der Waals surface area contributed by atoms with Gasteiger partial charge in [0.15, 0.2) is 0 Å². The van der Waals surface area contributed by atoms with Gasteiger partial charge in [0.2, 0.25) is 5.91 Å². The van der Waals surface area contributed by atoms with Crippen molar-refractivity contribution in [3.63, 3.8) is 0 Å². The predicted octanol–water partition coefficient (Wildman–Crippen LogP) is 3.00. The van der Waals surface area contributed by atoms with E-state index in [2.05, 4.69) is 4.98 Å². The largest absolute Gasteiger partial charge is 0.370 e. The quantitative estimate of drug-likeness (QED) is 0.883. The number of primary amides is 1. The molecule has 2 N–H and O–H groups in total. The molecule has 0 aliphatic carbocycles. The van der Waals surface area contributed by atoms with Gasteiger partial charge in [-0.05, 0) is 13.0 Å². The predicted molar refractivity (Wildman–Crippen MR) is 72.8 cm³/mol. The average molecular weight is 304 g/mol. The molecule has 1 aromatic heterocycles. The number of halogens is 3. The highest BCUT2D eigenvalue weighted by Crippen LogP contribution is 2.28. The van der Waals surface area contributed by atoms with Crippen molar-refractivity contribution in [3.8, 4) is 0 Å². The number of nitrogens with two attached hydrogens (primary N) is 1. The molecule has 0 radical (unpaired) electrons. The van der Waals surface area contributed by atoms with Crippen LogP contribution in [0.25, 0.3) is 11.0 Å². The third-order valence-corrected chi connectivity index (χ3v) is 3.39. The molecule has 0 aliphatic heterocycles. The van der Waals surface area contributed by atoms with Gasteiger partial charge in [0.05, 0.1) is 21.9 Å². The molecule has 0 aliphatic rings. The van der Waals surface area contributed by atoms with Gasteiger partial charge < -0.3 is 10.3 Å². The molecule has 0 fully saturated rings. The van der Waals surface area contributed by atoms with E-state index in [1.165, 1.54) is 12.1 Å². The van der Waals surface area contributed by atoms with Crippen molar-refractivity contribution >= 4 is 40.1 Å². The van der Waals surface area contributed by atoms with E-state index in [0.717, 1.165) is 0 Å². The van der Waals surface area contributed by atoms with E-state index < -0.39 is 11.7 Å². The molecule has 1 atom stereocenters. The summed E-state index contributed by atoms with van der Waals surface area (Å²) in [5, 5.41) is 0.000970. The van der Waals surface area contributed by atoms with Gasteiger partial charge in [0.1, 0.15) is 11.6 Å². The lowest BCUT2D eigenvalue weighted by atomic mass is 10.2. The maximum absolute atomic E-state index is 13.4. The first kappa shape index (κ1) is 14.1. The Morgan fingerprint density at radius 3 is 2.84 bits per heavy atom. The molecule has 2 rings (SSSR count). The monoisotopic (exact) mass is 303 g/mol. The van der Waals surface area contributed by atoms with Crippen LogP contribution in [-0.4, -0.2) is 15.5 Å². The van der Waals surface area contributed by atoms with Gasteiger partial charge in [-0.25, -0.2) is 9.37 Å². The minimum atomic E-state index is -0.539. The Morgan fingerprint density at radius 2 is 2.26 bits per heavy atom. The first-order valence-electron chi connectivity index (χ1n) is 5.64. The molecule has 1 aromatic carbocycles. The number of aromatic nitrogens is 2. The fraction of sp³-hybridized carbons (Fsp3) is 0.333. The standard InChI is InChI=1S/C12H12Cl2FN3O/c1-6(2-11(16)19)18-10-3-7(14)8(15)4-9(10)17-12(18)5-13/h3-4,6H,2,5H2,1H3,(H2,16,19). The van der Waals surface area contributed by atoms with Crippen molar-refractivity contribution < 1.29 is 9.18 Å². The minimum Gasteiger partial charge on any atom is -0.370 e. The first-order chi connectivity index (χ1) is 8.93. The Morgan fingerprint density at radius 1 is 1.58 bits per heavy atom. The topological polar surface area (TPSA) is 60.9 Å². The van der Waals surface area contributed by atoms with E-state index in [4.69, 9.17) is 28.9 Å². The summed E-state index contributed by atoms with van der Waals surface area (Å²) in [5.41, 5.74) is 6.29. The van der Waals surface area contributed by atoms with Crippen LogP contribution in [0, 0.1) is 5.82 Å². The number of carbonyl (C=O) groups is 1. The highest BCUT2D eigenvalue weighted by Gasteiger charge is 2.18. The third-order valence-electron chi connectivity index (χ3n) is 2.86. The normalized spacial score (nSPS) is 12.8. The van der Waals surface area contributed by atoms with Crippen LogP contribution in [-0.2, 0) is 10.7 Å². The summed E-state index contributed by atoms with van der Waals surface area (Å²) >= 11 is 11.6. The van der Waals surface area contributed by atoms with Crippen molar-refractivity contribution in [2.75, 3.05) is 0 Å². The number of rotatable bonds is 4. The van der Waals surface area contributed by atoms with Crippen LogP contribution in [0.4, 0.5) is 4.39 Å². The summed E-state index contributed by atoms with van der Waals surface area (Å²) < 4.78 is 15.2. The summed E-state index contributed by atoms with van der Waals surface area (Å²) in [4.78, 5) is 15.3. The van der Waals surface area contributed by atoms with Gasteiger partial charge in [-0.15, -0.1) is 11.6 Å². The van der Waals surface area contributed by atoms with E-state index >= 15 is 0 Å². The van der Waals surface area contributed by atoms with Crippen LogP contribution >= 0.6 is 23.2 Å². The van der Waals surface area contributed by atoms with Gasteiger partial charge in [-0.1, -0.05) is 11.6 Å². The number of hydrogen-bond donors (Lipinski definition) is 1. The van der Waals surface area contributed by atoms with Gasteiger partial charge >= 0.3 is 0 Å². The van der Waals surface area contributed by atoms with E-state index in [1.54, 1.807) is 4.57 Å². The summed E-state index contributed by atoms with van der Waals surface area (Å²) in [5.74, 6) is -0.269. The minimum absolute atomic E-state index is 0.000970. The molecule has 0 saturated carbocycles. The lowest BCUT2D eigenvalue weighted by Gasteiger charge is -2.15. The Labute approximate surface area is 119 Å². The second-order valence-corrected chi connectivity index (χ2v) is 4.98. The molecule has 1 amide bonds. The van der Waals surface area contributed by atoms with Crippen molar-refractivity contribution in [3.05, 3.63) is 28.8 Å². The Kier molecular flexibility index (Phi) is 3.96. The van der Waals surface area contributed by atoms with E-state index in [1.807, 2.05) is 6.92 Å². The van der Waals surface area contributed by atoms with Crippen molar-refractivity contribution in [2.45, 2.75) is 25.3 Å². The van der Waals surface area contributed by atoms with Crippen molar-refractivity contribution in [1.29, 1.82) is 0 Å². The Balaban J connectivity index is 2.62. The van der Waals surface area contributed by atoms with E-state index in [9.17, 15) is 9.18 Å². The Bertz CT molecular complexity index is 641. The smallest absolute Gasteiger partial charge is 0.219 e. The first-order valence-corrected chi connectivity index (χ1v) is 6.55. The molecule has 7 heteroatoms. The molecule has 4 nitrogen and oxygen atoms in total. The molecule has 0 bridgehead atoms. The number of carbonyl (C=O) groups excluding carboxylic acids is 1. The third kappa shape index (κ3) is 2.67. The second kappa shape index (κ2) is 5.35. The number of hydrogen-bond acceptors (Lipinski definition) is 2. The fourth-order valence-electron chi connectivity index (χ4n) is 2.11. The fourth-order valence-corrected chi connectivity index (χ4v) is 2.46. The zero-order valence-electron chi connectivity index (χ0n) is 10.2. The number of imidazole rings is 1. The van der Waals surface area contributed by atoms with Crippen LogP contribution in [0.3, 0.4) is 0 Å². The summed E-state index contributed by atoms with van der Waals surface area (Å²) in [7, 11) is 0. The van der Waals surface area contributed by atoms with Crippen molar-refractivity contribution in [2.24, 2.45) is 5.73 Å². The summed E-state index contributed by atoms with van der Waals surface area (Å²) in [6.07, 6.45) is 0.143. The molecule has 1 heterocycles. The van der Waals surface area contributed by atoms with Crippen LogP contribution in [0.1, 0.15) is 25.2 Å². The second-order valence-electron chi connectivity index (χ2n) is 4.31. The van der Waals surface area contributed by atoms with Gasteiger partial charge in [-0.3, -0.25) is 4.79 Å². The number of benzene rings is 1. The molecular formula is C12H12Cl2FN3O. The zero-order chi connectivity index (χ0) is 14.2. The molecular weight excluding hydrogens is 292 g/mol. The lowest BCUT2D eigenvalue weighted by molar-refractivity contribution is -0.118. The lowest BCUT2D eigenvalue weighted by Crippen LogP contribution is -2.18. The molecule has 1 unspecified atom stereocenters. The highest BCUT2D eigenvalue weighted by molar-refractivity contribution is 6.31. The van der Waals surface area contributed by atoms with E-state index in [0.29, 0.717) is 16.9 Å². The number of nitrogens with zero attached hydrogens (tertiary/aromatic N) is 2. The van der Waals surface area contributed by atoms with Crippen LogP contribution < -0.4 is 5.73 Å². The number of amides is 1.